The number of aliphatic hydroxyl groups is 2. The summed E-state index contributed by atoms with van der Waals surface area (Å²) in [5, 5.41) is 25.2. The van der Waals surface area contributed by atoms with Gasteiger partial charge >= 0.3 is 57.4 Å². The maximum Gasteiger partial charge on any atom is 1.00 e. The van der Waals surface area contributed by atoms with Crippen LogP contribution >= 0.6 is 0 Å². The van der Waals surface area contributed by atoms with E-state index in [1.807, 2.05) is 0 Å². The van der Waals surface area contributed by atoms with E-state index >= 15 is 0 Å². The topological polar surface area (TPSA) is 108 Å². The van der Waals surface area contributed by atoms with Crippen LogP contribution in [0.3, 0.4) is 0 Å². The molecule has 0 fully saturated rings. The molecule has 0 unspecified atom stereocenters. The van der Waals surface area contributed by atoms with Crippen molar-refractivity contribution < 1.29 is 77.0 Å². The average Bonchev–Trinajstić information content (AvgIpc) is 1.90. The van der Waals surface area contributed by atoms with Gasteiger partial charge in [0.15, 0.2) is 0 Å². The van der Waals surface area contributed by atoms with E-state index in [4.69, 9.17) is 15.3 Å². The molecule has 0 radical (unpaired) electrons. The molecular weight excluding hydrogens is 191 g/mol. The number of rotatable bonds is 5. The van der Waals surface area contributed by atoms with Gasteiger partial charge in [0.2, 0.25) is 0 Å². The van der Waals surface area contributed by atoms with Crippen molar-refractivity contribution in [2.45, 2.75) is 12.8 Å². The van der Waals surface area contributed by atoms with Gasteiger partial charge in [-0.25, -0.2) is 0 Å². The fourth-order valence-electron chi connectivity index (χ4n) is 0.568. The van der Waals surface area contributed by atoms with E-state index in [0.717, 1.165) is 0 Å². The zero-order chi connectivity index (χ0) is 7.98. The van der Waals surface area contributed by atoms with Crippen molar-refractivity contribution in [1.29, 1.82) is 0 Å². The first-order valence-corrected chi connectivity index (χ1v) is 3.14. The van der Waals surface area contributed by atoms with E-state index in [0.29, 0.717) is 6.42 Å². The van der Waals surface area contributed by atoms with E-state index in [9.17, 15) is 4.79 Å². The first-order chi connectivity index (χ1) is 4.70. The Hall–Kier alpha value is 0.986. The van der Waals surface area contributed by atoms with Crippen molar-refractivity contribution in [3.8, 4) is 0 Å². The number of hydrogen-bond donors (Lipinski definition) is 3. The molecule has 0 aromatic carbocycles. The summed E-state index contributed by atoms with van der Waals surface area (Å²) < 4.78 is 0. The Kier molecular flexibility index (Phi) is 18.7. The molecule has 0 amide bonds. The smallest absolute Gasteiger partial charge is 0.870 e. The van der Waals surface area contributed by atoms with E-state index in [1.165, 1.54) is 0 Å². The second kappa shape index (κ2) is 12.0. The second-order valence-electron chi connectivity index (χ2n) is 2.16. The number of hydrogen-bond acceptors (Lipinski definition) is 4. The Bertz CT molecular complexity index is 104. The summed E-state index contributed by atoms with van der Waals surface area (Å²) >= 11 is 0. The summed E-state index contributed by atoms with van der Waals surface area (Å²) in [5.41, 5.74) is 0. The monoisotopic (exact) mass is 204 g/mol. The molecule has 0 heterocycles. The summed E-state index contributed by atoms with van der Waals surface area (Å²) in [7, 11) is 0. The molecule has 0 spiro atoms. The molecule has 5 nitrogen and oxygen atoms in total. The van der Waals surface area contributed by atoms with Crippen molar-refractivity contribution in [2.75, 3.05) is 13.2 Å². The predicted octanol–water partition coefficient (Wildman–Crippen LogP) is -3.72. The van der Waals surface area contributed by atoms with Gasteiger partial charge in [-0.1, -0.05) is 0 Å². The molecule has 4 N–H and O–H groups in total. The van der Waals surface area contributed by atoms with Crippen LogP contribution in [-0.2, 0) is 4.79 Å². The van der Waals surface area contributed by atoms with Crippen LogP contribution in [0, 0.1) is 5.92 Å². The molecule has 0 aliphatic rings. The van der Waals surface area contributed by atoms with Crippen LogP contribution in [0.1, 0.15) is 12.8 Å². The molecule has 12 heavy (non-hydrogen) atoms. The zero-order valence-corrected chi connectivity index (χ0v) is 10.2. The van der Waals surface area contributed by atoms with Crippen molar-refractivity contribution in [2.24, 2.45) is 5.92 Å². The van der Waals surface area contributed by atoms with Crippen LogP contribution in [0.25, 0.3) is 0 Å². The zero-order valence-electron chi connectivity index (χ0n) is 7.10. The molecule has 0 saturated heterocycles. The summed E-state index contributed by atoms with van der Waals surface area (Å²) in [5.74, 6) is -1.18. The van der Waals surface area contributed by atoms with Gasteiger partial charge in [-0.2, -0.15) is 0 Å². The minimum atomic E-state index is -0.896. The number of carboxylic acid groups (broad SMARTS) is 1. The van der Waals surface area contributed by atoms with Crippen molar-refractivity contribution in [3.05, 3.63) is 0 Å². The van der Waals surface area contributed by atoms with Gasteiger partial charge in [0.25, 0.3) is 0 Å². The minimum absolute atomic E-state index is 0. The average molecular weight is 204 g/mol. The normalized spacial score (nSPS) is 8.58. The van der Waals surface area contributed by atoms with Gasteiger partial charge in [0.1, 0.15) is 0 Å². The third-order valence-electron chi connectivity index (χ3n) is 1.28. The Labute approximate surface area is 114 Å². The standard InChI is InChI=1S/C6H12O4.K.H2O/c7-3-5(4-8)1-2-6(9)10;;/h5,7-8H,1-4H2,(H,9,10);;1H2/q;+1;/p-1. The molecule has 0 atom stereocenters. The van der Waals surface area contributed by atoms with E-state index < -0.39 is 5.97 Å². The van der Waals surface area contributed by atoms with Gasteiger partial charge in [-0.15, -0.1) is 0 Å². The van der Waals surface area contributed by atoms with Gasteiger partial charge < -0.3 is 20.8 Å². The Balaban J connectivity index is -0.000000405. The SMILES string of the molecule is O=C(O)CCC(CO)CO.[K+].[OH-]. The van der Waals surface area contributed by atoms with E-state index in [2.05, 4.69) is 0 Å². The third kappa shape index (κ3) is 11.0. The fourth-order valence-corrected chi connectivity index (χ4v) is 0.568. The van der Waals surface area contributed by atoms with Crippen LogP contribution < -0.4 is 51.4 Å². The van der Waals surface area contributed by atoms with E-state index in [1.54, 1.807) is 0 Å². The maximum absolute atomic E-state index is 9.97. The Morgan fingerprint density at radius 3 is 1.92 bits per heavy atom. The van der Waals surface area contributed by atoms with Crippen molar-refractivity contribution in [3.63, 3.8) is 0 Å². The molecule has 0 bridgehead atoms. The van der Waals surface area contributed by atoms with Crippen molar-refractivity contribution >= 4 is 5.97 Å². The molecule has 0 saturated carbocycles. The van der Waals surface area contributed by atoms with Crippen LogP contribution in [-0.4, -0.2) is 40.0 Å². The molecule has 0 rings (SSSR count). The first kappa shape index (κ1) is 18.7. The number of carboxylic acids is 1. The largest absolute Gasteiger partial charge is 1.00 e. The van der Waals surface area contributed by atoms with Crippen LogP contribution in [0.5, 0.6) is 0 Å². The number of carbonyl (C=O) groups is 1. The second-order valence-corrected chi connectivity index (χ2v) is 2.16. The third-order valence-corrected chi connectivity index (χ3v) is 1.28. The molecular formula is C6H13KO5. The predicted molar refractivity (Wildman–Crippen MR) is 36.5 cm³/mol. The van der Waals surface area contributed by atoms with Gasteiger partial charge in [0.05, 0.1) is 0 Å². The first-order valence-electron chi connectivity index (χ1n) is 3.14. The Morgan fingerprint density at radius 2 is 1.67 bits per heavy atom. The molecule has 68 valence electrons. The molecule has 0 aliphatic carbocycles. The van der Waals surface area contributed by atoms with E-state index in [-0.39, 0.29) is 82.4 Å². The van der Waals surface area contributed by atoms with Crippen LogP contribution in [0.4, 0.5) is 0 Å². The van der Waals surface area contributed by atoms with Gasteiger partial charge in [0, 0.05) is 25.6 Å². The van der Waals surface area contributed by atoms with Crippen LogP contribution in [0.2, 0.25) is 0 Å². The number of aliphatic carboxylic acids is 1. The number of aliphatic hydroxyl groups excluding tert-OH is 2. The molecule has 6 heteroatoms. The summed E-state index contributed by atoms with van der Waals surface area (Å²) in [6.07, 6.45) is 0.341. The van der Waals surface area contributed by atoms with Crippen molar-refractivity contribution in [1.82, 2.24) is 0 Å². The fraction of sp³-hybridized carbons (Fsp3) is 0.833. The Morgan fingerprint density at radius 1 is 1.25 bits per heavy atom. The van der Waals surface area contributed by atoms with Gasteiger partial charge in [-0.3, -0.25) is 4.79 Å². The summed E-state index contributed by atoms with van der Waals surface area (Å²) in [4.78, 5) is 9.97. The van der Waals surface area contributed by atoms with Crippen LogP contribution in [0.15, 0.2) is 0 Å². The quantitative estimate of drug-likeness (QED) is 0.399. The van der Waals surface area contributed by atoms with Gasteiger partial charge in [-0.05, 0) is 6.42 Å². The summed E-state index contributed by atoms with van der Waals surface area (Å²) in [6, 6.07) is 0. The molecule has 0 aromatic rings. The maximum atomic E-state index is 9.97. The minimum Gasteiger partial charge on any atom is -0.870 e. The molecule has 0 aliphatic heterocycles. The summed E-state index contributed by atoms with van der Waals surface area (Å²) in [6.45, 7) is -0.298. The molecule has 0 aromatic heterocycles.